The summed E-state index contributed by atoms with van der Waals surface area (Å²) in [5.41, 5.74) is 1.06. The van der Waals surface area contributed by atoms with Crippen LogP contribution in [0.15, 0.2) is 48.5 Å². The predicted molar refractivity (Wildman–Crippen MR) is 128 cm³/mol. The minimum Gasteiger partial charge on any atom is -0.497 e. The summed E-state index contributed by atoms with van der Waals surface area (Å²) in [7, 11) is 1.60. The van der Waals surface area contributed by atoms with Crippen LogP contribution in [0.1, 0.15) is 45.2 Å². The van der Waals surface area contributed by atoms with Crippen molar-refractivity contribution in [3.05, 3.63) is 65.5 Å². The number of thioether (sulfide) groups is 1. The average Bonchev–Trinajstić information content (AvgIpc) is 2.74. The number of halogens is 1. The van der Waals surface area contributed by atoms with Gasteiger partial charge in [-0.05, 0) is 56.5 Å². The van der Waals surface area contributed by atoms with Crippen molar-refractivity contribution in [2.24, 2.45) is 0 Å². The number of carbonyl (C=O) groups excluding carboxylic acids is 2. The molecule has 2 aromatic carbocycles. The second-order valence-electron chi connectivity index (χ2n) is 8.62. The van der Waals surface area contributed by atoms with Crippen LogP contribution in [0.3, 0.4) is 0 Å². The lowest BCUT2D eigenvalue weighted by atomic mass is 10.1. The number of hydrogen-bond acceptors (Lipinski definition) is 4. The van der Waals surface area contributed by atoms with Crippen molar-refractivity contribution in [1.29, 1.82) is 0 Å². The molecular weight excluding hydrogens is 427 g/mol. The van der Waals surface area contributed by atoms with Crippen LogP contribution in [0, 0.1) is 5.82 Å². The Morgan fingerprint density at radius 1 is 1.12 bits per heavy atom. The summed E-state index contributed by atoms with van der Waals surface area (Å²) < 4.78 is 19.1. The van der Waals surface area contributed by atoms with Gasteiger partial charge in [0, 0.05) is 17.8 Å². The molecule has 32 heavy (non-hydrogen) atoms. The number of hydrogen-bond donors (Lipinski definition) is 1. The fourth-order valence-electron chi connectivity index (χ4n) is 3.25. The van der Waals surface area contributed by atoms with Gasteiger partial charge in [0.2, 0.25) is 11.8 Å². The first-order chi connectivity index (χ1) is 15.1. The van der Waals surface area contributed by atoms with Gasteiger partial charge in [0.05, 0.1) is 12.9 Å². The molecule has 0 aromatic heterocycles. The molecule has 2 rings (SSSR count). The lowest BCUT2D eigenvalue weighted by Crippen LogP contribution is -2.53. The number of benzene rings is 2. The Kier molecular flexibility index (Phi) is 9.57. The van der Waals surface area contributed by atoms with Crippen LogP contribution in [-0.4, -0.2) is 41.2 Å². The molecule has 0 radical (unpaired) electrons. The third-order valence-electron chi connectivity index (χ3n) is 4.84. The van der Waals surface area contributed by atoms with E-state index < -0.39 is 11.6 Å². The summed E-state index contributed by atoms with van der Waals surface area (Å²) in [5.74, 6) is 0.658. The van der Waals surface area contributed by atoms with Gasteiger partial charge in [-0.3, -0.25) is 9.59 Å². The predicted octanol–water partition coefficient (Wildman–Crippen LogP) is 4.79. The summed E-state index contributed by atoms with van der Waals surface area (Å²) in [6.45, 7) is 7.94. The molecular formula is C25H33FN2O3S. The van der Waals surface area contributed by atoms with Gasteiger partial charge in [0.1, 0.15) is 17.6 Å². The van der Waals surface area contributed by atoms with Gasteiger partial charge in [-0.1, -0.05) is 37.3 Å². The molecule has 5 nitrogen and oxygen atoms in total. The number of amides is 2. The highest BCUT2D eigenvalue weighted by Gasteiger charge is 2.30. The first-order valence-corrected chi connectivity index (χ1v) is 11.9. The molecule has 1 unspecified atom stereocenters. The van der Waals surface area contributed by atoms with E-state index >= 15 is 0 Å². The molecule has 2 aromatic rings. The summed E-state index contributed by atoms with van der Waals surface area (Å²) in [4.78, 5) is 27.8. The molecule has 0 heterocycles. The highest BCUT2D eigenvalue weighted by Crippen LogP contribution is 2.20. The summed E-state index contributed by atoms with van der Waals surface area (Å²) in [6.07, 6.45) is 0.488. The molecule has 0 saturated heterocycles. The lowest BCUT2D eigenvalue weighted by Gasteiger charge is -2.33. The van der Waals surface area contributed by atoms with Gasteiger partial charge in [-0.15, -0.1) is 11.8 Å². The van der Waals surface area contributed by atoms with E-state index in [-0.39, 0.29) is 23.4 Å². The Morgan fingerprint density at radius 3 is 2.34 bits per heavy atom. The average molecular weight is 461 g/mol. The summed E-state index contributed by atoms with van der Waals surface area (Å²) in [5, 5.41) is 2.99. The standard InChI is InChI=1S/C25H33FN2O3S/c1-6-22(24(30)27-25(2,3)4)28(15-18-11-13-20(31-5)14-12-18)23(29)17-32-16-19-9-7-8-10-21(19)26/h7-14,22H,6,15-17H2,1-5H3,(H,27,30). The molecule has 0 spiro atoms. The van der Waals surface area contributed by atoms with Gasteiger partial charge in [0.25, 0.3) is 0 Å². The molecule has 7 heteroatoms. The maximum Gasteiger partial charge on any atom is 0.243 e. The number of rotatable bonds is 10. The van der Waals surface area contributed by atoms with Crippen molar-refractivity contribution in [3.63, 3.8) is 0 Å². The van der Waals surface area contributed by atoms with E-state index in [0.29, 0.717) is 24.3 Å². The molecule has 0 bridgehead atoms. The van der Waals surface area contributed by atoms with Crippen molar-refractivity contribution >= 4 is 23.6 Å². The second kappa shape index (κ2) is 11.9. The maximum absolute atomic E-state index is 13.9. The van der Waals surface area contributed by atoms with Crippen LogP contribution >= 0.6 is 11.8 Å². The van der Waals surface area contributed by atoms with Crippen molar-refractivity contribution in [2.45, 2.75) is 58.0 Å². The molecule has 1 atom stereocenters. The lowest BCUT2D eigenvalue weighted by molar-refractivity contribution is -0.140. The Bertz CT molecular complexity index is 897. The first-order valence-electron chi connectivity index (χ1n) is 10.7. The summed E-state index contributed by atoms with van der Waals surface area (Å²) >= 11 is 1.34. The molecule has 0 aliphatic rings. The van der Waals surface area contributed by atoms with E-state index in [1.807, 2.05) is 52.0 Å². The van der Waals surface area contributed by atoms with Crippen LogP contribution in [0.5, 0.6) is 5.75 Å². The number of nitrogens with zero attached hydrogens (tertiary/aromatic N) is 1. The normalized spacial score (nSPS) is 12.2. The number of methoxy groups -OCH3 is 1. The topological polar surface area (TPSA) is 58.6 Å². The summed E-state index contributed by atoms with van der Waals surface area (Å²) in [6, 6.07) is 13.4. The van der Waals surface area contributed by atoms with Crippen LogP contribution in [0.25, 0.3) is 0 Å². The molecule has 0 saturated carbocycles. The molecule has 0 aliphatic heterocycles. The van der Waals surface area contributed by atoms with E-state index in [9.17, 15) is 14.0 Å². The van der Waals surface area contributed by atoms with Crippen molar-refractivity contribution in [2.75, 3.05) is 12.9 Å². The minimum absolute atomic E-state index is 0.155. The number of nitrogens with one attached hydrogen (secondary N) is 1. The molecule has 1 N–H and O–H groups in total. The number of carbonyl (C=O) groups is 2. The first kappa shape index (κ1) is 25.7. The Balaban J connectivity index is 2.17. The van der Waals surface area contributed by atoms with Gasteiger partial charge >= 0.3 is 0 Å². The third kappa shape index (κ3) is 7.86. The van der Waals surface area contributed by atoms with E-state index in [1.54, 1.807) is 30.2 Å². The van der Waals surface area contributed by atoms with Gasteiger partial charge in [-0.2, -0.15) is 0 Å². The monoisotopic (exact) mass is 460 g/mol. The minimum atomic E-state index is -0.599. The van der Waals surface area contributed by atoms with E-state index in [0.717, 1.165) is 11.3 Å². The van der Waals surface area contributed by atoms with Gasteiger partial charge in [-0.25, -0.2) is 4.39 Å². The second-order valence-corrected chi connectivity index (χ2v) is 9.60. The van der Waals surface area contributed by atoms with Gasteiger partial charge in [0.15, 0.2) is 0 Å². The quantitative estimate of drug-likeness (QED) is 0.554. The zero-order valence-electron chi connectivity index (χ0n) is 19.5. The van der Waals surface area contributed by atoms with Crippen LogP contribution in [0.4, 0.5) is 4.39 Å². The molecule has 2 amide bonds. The van der Waals surface area contributed by atoms with Crippen LogP contribution < -0.4 is 10.1 Å². The number of ether oxygens (including phenoxy) is 1. The van der Waals surface area contributed by atoms with Gasteiger partial charge < -0.3 is 15.0 Å². The largest absolute Gasteiger partial charge is 0.497 e. The Morgan fingerprint density at radius 2 is 1.78 bits per heavy atom. The van der Waals surface area contributed by atoms with Crippen LogP contribution in [-0.2, 0) is 21.9 Å². The SMILES string of the molecule is CCC(C(=O)NC(C)(C)C)N(Cc1ccc(OC)cc1)C(=O)CSCc1ccccc1F. The fraction of sp³-hybridized carbons (Fsp3) is 0.440. The smallest absolute Gasteiger partial charge is 0.243 e. The molecule has 0 fully saturated rings. The maximum atomic E-state index is 13.9. The van der Waals surface area contributed by atoms with Crippen LogP contribution in [0.2, 0.25) is 0 Å². The Hall–Kier alpha value is -2.54. The molecule has 174 valence electrons. The zero-order chi connectivity index (χ0) is 23.7. The third-order valence-corrected chi connectivity index (χ3v) is 5.80. The van der Waals surface area contributed by atoms with Crippen molar-refractivity contribution in [3.8, 4) is 5.75 Å². The van der Waals surface area contributed by atoms with E-state index in [1.165, 1.54) is 17.8 Å². The van der Waals surface area contributed by atoms with E-state index in [4.69, 9.17) is 4.74 Å². The van der Waals surface area contributed by atoms with Crippen molar-refractivity contribution < 1.29 is 18.7 Å². The zero-order valence-corrected chi connectivity index (χ0v) is 20.3. The van der Waals surface area contributed by atoms with Crippen molar-refractivity contribution in [1.82, 2.24) is 10.2 Å². The molecule has 0 aliphatic carbocycles. The fourth-order valence-corrected chi connectivity index (χ4v) is 4.14. The van der Waals surface area contributed by atoms with E-state index in [2.05, 4.69) is 5.32 Å². The highest BCUT2D eigenvalue weighted by molar-refractivity contribution is 7.99. The Labute approximate surface area is 194 Å². The highest BCUT2D eigenvalue weighted by atomic mass is 32.2.